The number of hydrogen-bond acceptors (Lipinski definition) is 3. The molecule has 0 heterocycles. The van der Waals surface area contributed by atoms with Gasteiger partial charge in [-0.2, -0.15) is 0 Å². The summed E-state index contributed by atoms with van der Waals surface area (Å²) < 4.78 is 0. The molecule has 1 N–H and O–H groups in total. The van der Waals surface area contributed by atoms with Crippen molar-refractivity contribution in [2.75, 3.05) is 6.61 Å². The van der Waals surface area contributed by atoms with Gasteiger partial charge in [0.15, 0.2) is 0 Å². The first-order chi connectivity index (χ1) is 7.63. The Morgan fingerprint density at radius 1 is 1.56 bits per heavy atom. The normalized spacial score (nSPS) is 15.4. The molecule has 0 aliphatic heterocycles. The highest BCUT2D eigenvalue weighted by Gasteiger charge is 2.31. The standard InChI is InChI=1S/C12H14NO3/c1-8(7-14)10-4-5-12(13(15)16)11(6-10)9-2-3-9/h4-6,9,14H,2-3,7H2,1H3. The molecule has 1 saturated carbocycles. The van der Waals surface area contributed by atoms with Gasteiger partial charge in [-0.25, -0.2) is 0 Å². The van der Waals surface area contributed by atoms with E-state index in [1.807, 2.05) is 13.0 Å². The first kappa shape index (κ1) is 11.1. The van der Waals surface area contributed by atoms with Crippen molar-refractivity contribution in [2.45, 2.75) is 25.7 Å². The zero-order chi connectivity index (χ0) is 11.7. The van der Waals surface area contributed by atoms with Crippen molar-refractivity contribution in [3.8, 4) is 0 Å². The monoisotopic (exact) mass is 220 g/mol. The second kappa shape index (κ2) is 4.22. The number of aliphatic hydroxyl groups is 1. The lowest BCUT2D eigenvalue weighted by Crippen LogP contribution is -2.02. The molecule has 0 unspecified atom stereocenters. The van der Waals surface area contributed by atoms with E-state index < -0.39 is 0 Å². The van der Waals surface area contributed by atoms with E-state index in [9.17, 15) is 10.1 Å². The third kappa shape index (κ3) is 2.07. The quantitative estimate of drug-likeness (QED) is 0.626. The van der Waals surface area contributed by atoms with Gasteiger partial charge in [0, 0.05) is 17.5 Å². The van der Waals surface area contributed by atoms with Gasteiger partial charge in [-0.3, -0.25) is 10.1 Å². The molecule has 1 aromatic carbocycles. The zero-order valence-corrected chi connectivity index (χ0v) is 9.14. The van der Waals surface area contributed by atoms with Crippen LogP contribution in [0, 0.1) is 16.0 Å². The summed E-state index contributed by atoms with van der Waals surface area (Å²) in [5, 5.41) is 19.9. The fraction of sp³-hybridized carbons (Fsp3) is 0.417. The molecule has 0 bridgehead atoms. The van der Waals surface area contributed by atoms with Crippen molar-refractivity contribution in [2.24, 2.45) is 0 Å². The van der Waals surface area contributed by atoms with Crippen LogP contribution in [0.3, 0.4) is 0 Å². The Balaban J connectivity index is 2.39. The van der Waals surface area contributed by atoms with Crippen LogP contribution in [-0.2, 0) is 0 Å². The van der Waals surface area contributed by atoms with Crippen LogP contribution >= 0.6 is 0 Å². The second-order valence-electron chi connectivity index (χ2n) is 4.24. The number of rotatable bonds is 4. The van der Waals surface area contributed by atoms with E-state index in [1.165, 1.54) is 0 Å². The van der Waals surface area contributed by atoms with Gasteiger partial charge in [-0.05, 0) is 30.4 Å². The van der Waals surface area contributed by atoms with E-state index in [0.717, 1.165) is 29.9 Å². The second-order valence-corrected chi connectivity index (χ2v) is 4.24. The van der Waals surface area contributed by atoms with Crippen molar-refractivity contribution in [1.82, 2.24) is 0 Å². The molecular weight excluding hydrogens is 206 g/mol. The summed E-state index contributed by atoms with van der Waals surface area (Å²) in [6.07, 6.45) is 2.06. The van der Waals surface area contributed by atoms with Crippen LogP contribution in [0.1, 0.15) is 36.8 Å². The fourth-order valence-electron chi connectivity index (χ4n) is 1.80. The minimum atomic E-state index is -0.328. The minimum absolute atomic E-state index is 0.0120. The van der Waals surface area contributed by atoms with Crippen molar-refractivity contribution in [3.05, 3.63) is 45.4 Å². The largest absolute Gasteiger partial charge is 0.395 e. The molecule has 0 amide bonds. The van der Waals surface area contributed by atoms with E-state index in [2.05, 4.69) is 0 Å². The summed E-state index contributed by atoms with van der Waals surface area (Å²) in [6, 6.07) is 5.10. The Morgan fingerprint density at radius 2 is 2.25 bits per heavy atom. The molecule has 0 saturated heterocycles. The number of nitro benzene ring substituents is 1. The number of aliphatic hydroxyl groups excluding tert-OH is 1. The molecule has 0 spiro atoms. The smallest absolute Gasteiger partial charge is 0.272 e. The lowest BCUT2D eigenvalue weighted by Gasteiger charge is -2.09. The maximum Gasteiger partial charge on any atom is 0.272 e. The molecule has 1 aliphatic rings. The van der Waals surface area contributed by atoms with E-state index >= 15 is 0 Å². The summed E-state index contributed by atoms with van der Waals surface area (Å²) in [5.74, 6) is 1.18. The van der Waals surface area contributed by atoms with Gasteiger partial charge < -0.3 is 5.11 Å². The SMILES string of the molecule is C[C](CO)c1ccc([N+](=O)[O-])c(C2CC2)c1. The predicted octanol–water partition coefficient (Wildman–Crippen LogP) is 2.41. The van der Waals surface area contributed by atoms with Gasteiger partial charge in [0.1, 0.15) is 0 Å². The fourth-order valence-corrected chi connectivity index (χ4v) is 1.80. The summed E-state index contributed by atoms with van der Waals surface area (Å²) in [6.45, 7) is 1.82. The molecule has 4 heteroatoms. The van der Waals surface area contributed by atoms with Gasteiger partial charge in [-0.15, -0.1) is 0 Å². The van der Waals surface area contributed by atoms with Gasteiger partial charge in [0.2, 0.25) is 0 Å². The molecular formula is C12H14NO3. The average Bonchev–Trinajstić information content (AvgIpc) is 3.10. The van der Waals surface area contributed by atoms with E-state index in [0.29, 0.717) is 5.92 Å². The average molecular weight is 220 g/mol. The van der Waals surface area contributed by atoms with Crippen LogP contribution in [0.4, 0.5) is 5.69 Å². The highest BCUT2D eigenvalue weighted by Crippen LogP contribution is 2.44. The maximum absolute atomic E-state index is 10.9. The van der Waals surface area contributed by atoms with Crippen molar-refractivity contribution < 1.29 is 10.0 Å². The molecule has 0 atom stereocenters. The first-order valence-corrected chi connectivity index (χ1v) is 5.35. The van der Waals surface area contributed by atoms with Gasteiger partial charge in [0.25, 0.3) is 5.69 Å². The Labute approximate surface area is 94.1 Å². The van der Waals surface area contributed by atoms with Crippen molar-refractivity contribution in [3.63, 3.8) is 0 Å². The van der Waals surface area contributed by atoms with Crippen LogP contribution in [-0.4, -0.2) is 16.6 Å². The molecule has 2 rings (SSSR count). The third-order valence-corrected chi connectivity index (χ3v) is 2.97. The van der Waals surface area contributed by atoms with Crippen LogP contribution in [0.2, 0.25) is 0 Å². The minimum Gasteiger partial charge on any atom is -0.395 e. The van der Waals surface area contributed by atoms with Crippen LogP contribution < -0.4 is 0 Å². The highest BCUT2D eigenvalue weighted by molar-refractivity contribution is 5.49. The van der Waals surface area contributed by atoms with Crippen LogP contribution in [0.15, 0.2) is 18.2 Å². The number of nitrogens with zero attached hydrogens (tertiary/aromatic N) is 1. The Morgan fingerprint density at radius 3 is 2.75 bits per heavy atom. The topological polar surface area (TPSA) is 63.4 Å². The van der Waals surface area contributed by atoms with Crippen molar-refractivity contribution in [1.29, 1.82) is 0 Å². The molecule has 85 valence electrons. The van der Waals surface area contributed by atoms with E-state index in [-0.39, 0.29) is 17.2 Å². The van der Waals surface area contributed by atoms with Gasteiger partial charge in [0.05, 0.1) is 11.5 Å². The molecule has 0 aromatic heterocycles. The zero-order valence-electron chi connectivity index (χ0n) is 9.14. The molecule has 1 radical (unpaired) electrons. The van der Waals surface area contributed by atoms with Crippen LogP contribution in [0.5, 0.6) is 0 Å². The molecule has 16 heavy (non-hydrogen) atoms. The Hall–Kier alpha value is -1.42. The summed E-state index contributed by atoms with van der Waals surface area (Å²) in [7, 11) is 0. The number of benzene rings is 1. The Kier molecular flexibility index (Phi) is 2.92. The highest BCUT2D eigenvalue weighted by atomic mass is 16.6. The lowest BCUT2D eigenvalue weighted by molar-refractivity contribution is -0.385. The predicted molar refractivity (Wildman–Crippen MR) is 60.2 cm³/mol. The molecule has 4 nitrogen and oxygen atoms in total. The first-order valence-electron chi connectivity index (χ1n) is 5.35. The summed E-state index contributed by atoms with van der Waals surface area (Å²) in [4.78, 5) is 10.5. The summed E-state index contributed by atoms with van der Waals surface area (Å²) in [5.41, 5.74) is 1.92. The summed E-state index contributed by atoms with van der Waals surface area (Å²) >= 11 is 0. The third-order valence-electron chi connectivity index (χ3n) is 2.97. The van der Waals surface area contributed by atoms with Crippen LogP contribution in [0.25, 0.3) is 0 Å². The number of nitro groups is 1. The molecule has 1 fully saturated rings. The van der Waals surface area contributed by atoms with Gasteiger partial charge >= 0.3 is 0 Å². The number of hydrogen-bond donors (Lipinski definition) is 1. The lowest BCUT2D eigenvalue weighted by atomic mass is 9.97. The van der Waals surface area contributed by atoms with Gasteiger partial charge in [-0.1, -0.05) is 13.0 Å². The van der Waals surface area contributed by atoms with Crippen molar-refractivity contribution >= 4 is 5.69 Å². The van der Waals surface area contributed by atoms with E-state index in [4.69, 9.17) is 5.11 Å². The molecule has 1 aromatic rings. The van der Waals surface area contributed by atoms with E-state index in [1.54, 1.807) is 12.1 Å². The maximum atomic E-state index is 10.9. The Bertz CT molecular complexity index is 413. The molecule has 1 aliphatic carbocycles.